The summed E-state index contributed by atoms with van der Waals surface area (Å²) in [6.45, 7) is 0.514. The van der Waals surface area contributed by atoms with E-state index in [-0.39, 0.29) is 12.3 Å². The van der Waals surface area contributed by atoms with Crippen LogP contribution in [0.2, 0.25) is 5.02 Å². The fourth-order valence-corrected chi connectivity index (χ4v) is 4.13. The first-order chi connectivity index (χ1) is 15.5. The molecule has 1 fully saturated rings. The first-order valence-electron chi connectivity index (χ1n) is 10.3. The van der Waals surface area contributed by atoms with Gasteiger partial charge in [0.15, 0.2) is 0 Å². The van der Waals surface area contributed by atoms with Crippen molar-refractivity contribution in [2.75, 3.05) is 10.6 Å². The number of amides is 1. The van der Waals surface area contributed by atoms with Crippen LogP contribution in [0.3, 0.4) is 0 Å². The lowest BCUT2D eigenvalue weighted by Crippen LogP contribution is -2.16. The van der Waals surface area contributed by atoms with Crippen molar-refractivity contribution in [1.29, 1.82) is 0 Å². The first-order valence-corrected chi connectivity index (χ1v) is 11.5. The Balaban J connectivity index is 1.21. The predicted octanol–water partition coefficient (Wildman–Crippen LogP) is 5.21. The highest BCUT2D eigenvalue weighted by Gasteiger charge is 2.23. The molecule has 0 saturated heterocycles. The second-order valence-electron chi connectivity index (χ2n) is 7.84. The lowest BCUT2D eigenvalue weighted by Gasteiger charge is -2.08. The Morgan fingerprint density at radius 3 is 2.81 bits per heavy atom. The van der Waals surface area contributed by atoms with Crippen molar-refractivity contribution in [3.05, 3.63) is 81.4 Å². The Hall–Kier alpha value is -2.97. The van der Waals surface area contributed by atoms with E-state index in [0.717, 1.165) is 21.4 Å². The summed E-state index contributed by atoms with van der Waals surface area (Å²) >= 11 is 9.47. The number of carbonyl (C=O) groups is 1. The third kappa shape index (κ3) is 4.92. The number of carbonyl (C=O) groups excluding carboxylic acids is 1. The fourth-order valence-electron chi connectivity index (χ4n) is 3.55. The largest absolute Gasteiger partial charge is 0.364 e. The maximum Gasteiger partial charge on any atom is 0.229 e. The third-order valence-corrected chi connectivity index (χ3v) is 6.33. The molecule has 0 unspecified atom stereocenters. The van der Waals surface area contributed by atoms with E-state index in [1.54, 1.807) is 18.2 Å². The molecule has 1 amide bonds. The molecule has 1 aromatic carbocycles. The molecule has 0 spiro atoms. The minimum absolute atomic E-state index is 0.179. The molecule has 7 nitrogen and oxygen atoms in total. The summed E-state index contributed by atoms with van der Waals surface area (Å²) in [4.78, 5) is 25.5. The summed E-state index contributed by atoms with van der Waals surface area (Å²) in [6.07, 6.45) is 8.34. The number of hydrogen-bond acceptors (Lipinski definition) is 5. The van der Waals surface area contributed by atoms with Gasteiger partial charge in [0.05, 0.1) is 18.7 Å². The lowest BCUT2D eigenvalue weighted by molar-refractivity contribution is -0.115. The highest BCUT2D eigenvalue weighted by Crippen LogP contribution is 2.39. The van der Waals surface area contributed by atoms with Crippen molar-refractivity contribution in [3.63, 3.8) is 0 Å². The van der Waals surface area contributed by atoms with Crippen molar-refractivity contribution in [3.8, 4) is 0 Å². The molecule has 0 bridgehead atoms. The van der Waals surface area contributed by atoms with Crippen LogP contribution in [0.5, 0.6) is 0 Å². The van der Waals surface area contributed by atoms with Gasteiger partial charge in [-0.15, -0.1) is 0 Å². The molecule has 32 heavy (non-hydrogen) atoms. The Morgan fingerprint density at radius 1 is 1.12 bits per heavy atom. The number of aromatic nitrogens is 4. The van der Waals surface area contributed by atoms with E-state index in [0.29, 0.717) is 29.1 Å². The lowest BCUT2D eigenvalue weighted by atomic mass is 10.1. The van der Waals surface area contributed by atoms with E-state index in [1.165, 1.54) is 24.7 Å². The van der Waals surface area contributed by atoms with Crippen molar-refractivity contribution in [1.82, 2.24) is 19.4 Å². The van der Waals surface area contributed by atoms with E-state index in [4.69, 9.17) is 11.6 Å². The summed E-state index contributed by atoms with van der Waals surface area (Å²) in [7, 11) is 0. The SMILES string of the molecule is O=C(Cc1cc(Cl)ccc1Br)Nc1cc(NCc2cn3cc(C4CC4)ccc3n2)ncn1. The van der Waals surface area contributed by atoms with Crippen LogP contribution >= 0.6 is 27.5 Å². The van der Waals surface area contributed by atoms with E-state index < -0.39 is 0 Å². The quantitative estimate of drug-likeness (QED) is 0.356. The molecule has 2 N–H and O–H groups in total. The highest BCUT2D eigenvalue weighted by molar-refractivity contribution is 9.10. The normalized spacial score (nSPS) is 13.3. The summed E-state index contributed by atoms with van der Waals surface area (Å²) < 4.78 is 2.91. The van der Waals surface area contributed by atoms with Gasteiger partial charge in [0.25, 0.3) is 0 Å². The molecule has 9 heteroatoms. The number of imidazole rings is 1. The number of benzene rings is 1. The maximum atomic E-state index is 12.4. The number of nitrogens with zero attached hydrogens (tertiary/aromatic N) is 4. The summed E-state index contributed by atoms with van der Waals surface area (Å²) in [5, 5.41) is 6.64. The average molecular weight is 512 g/mol. The summed E-state index contributed by atoms with van der Waals surface area (Å²) in [6, 6.07) is 11.3. The molecule has 1 aliphatic rings. The molecule has 5 rings (SSSR count). The molecule has 0 radical (unpaired) electrons. The van der Waals surface area contributed by atoms with E-state index in [2.05, 4.69) is 64.2 Å². The topological polar surface area (TPSA) is 84.2 Å². The first kappa shape index (κ1) is 20.9. The molecule has 3 heterocycles. The molecule has 162 valence electrons. The Labute approximate surface area is 198 Å². The van der Waals surface area contributed by atoms with Gasteiger partial charge in [-0.05, 0) is 54.2 Å². The van der Waals surface area contributed by atoms with Crippen molar-refractivity contribution >= 4 is 50.7 Å². The van der Waals surface area contributed by atoms with E-state index in [1.807, 2.05) is 12.3 Å². The van der Waals surface area contributed by atoms with Gasteiger partial charge in [0.1, 0.15) is 23.6 Å². The van der Waals surface area contributed by atoms with Gasteiger partial charge in [0.2, 0.25) is 5.91 Å². The second kappa shape index (κ2) is 8.88. The number of fused-ring (bicyclic) bond motifs is 1. The number of rotatable bonds is 7. The molecular formula is C23H20BrClN6O. The molecular weight excluding hydrogens is 492 g/mol. The van der Waals surface area contributed by atoms with Gasteiger partial charge in [-0.1, -0.05) is 33.6 Å². The van der Waals surface area contributed by atoms with Crippen LogP contribution in [0, 0.1) is 0 Å². The van der Waals surface area contributed by atoms with Crippen LogP contribution in [0.15, 0.2) is 59.6 Å². The van der Waals surface area contributed by atoms with Crippen LogP contribution < -0.4 is 10.6 Å². The molecule has 4 aromatic rings. The number of halogens is 2. The fraction of sp³-hybridized carbons (Fsp3) is 0.217. The number of pyridine rings is 1. The summed E-state index contributed by atoms with van der Waals surface area (Å²) in [5.74, 6) is 1.55. The van der Waals surface area contributed by atoms with Gasteiger partial charge in [-0.25, -0.2) is 15.0 Å². The molecule has 0 aliphatic heterocycles. The molecule has 1 saturated carbocycles. The third-order valence-electron chi connectivity index (χ3n) is 5.32. The van der Waals surface area contributed by atoms with E-state index in [9.17, 15) is 4.79 Å². The van der Waals surface area contributed by atoms with Gasteiger partial charge in [-0.2, -0.15) is 0 Å². The zero-order valence-electron chi connectivity index (χ0n) is 17.1. The standard InChI is InChI=1S/C23H20BrClN6O/c24-19-5-4-17(25)7-16(19)8-23(32)30-21-9-20(27-13-28-21)26-10-18-12-31-11-15(14-1-2-14)3-6-22(31)29-18/h3-7,9,11-14H,1-2,8,10H2,(H2,26,27,28,30,32). The van der Waals surface area contributed by atoms with Gasteiger partial charge < -0.3 is 15.0 Å². The van der Waals surface area contributed by atoms with Gasteiger partial charge in [0, 0.05) is 28.0 Å². The smallest absolute Gasteiger partial charge is 0.229 e. The monoisotopic (exact) mass is 510 g/mol. The Morgan fingerprint density at radius 2 is 1.97 bits per heavy atom. The molecule has 1 aliphatic carbocycles. The predicted molar refractivity (Wildman–Crippen MR) is 128 cm³/mol. The maximum absolute atomic E-state index is 12.4. The number of anilines is 2. The van der Waals surface area contributed by atoms with Crippen molar-refractivity contribution < 1.29 is 4.79 Å². The number of nitrogens with one attached hydrogen (secondary N) is 2. The zero-order chi connectivity index (χ0) is 22.1. The van der Waals surface area contributed by atoms with Crippen LogP contribution in [-0.2, 0) is 17.8 Å². The molecule has 0 atom stereocenters. The van der Waals surface area contributed by atoms with E-state index >= 15 is 0 Å². The van der Waals surface area contributed by atoms with Gasteiger partial charge in [-0.3, -0.25) is 4.79 Å². The second-order valence-corrected chi connectivity index (χ2v) is 9.13. The van der Waals surface area contributed by atoms with Crippen molar-refractivity contribution in [2.45, 2.75) is 31.7 Å². The van der Waals surface area contributed by atoms with Crippen LogP contribution in [-0.4, -0.2) is 25.3 Å². The van der Waals surface area contributed by atoms with Crippen LogP contribution in [0.4, 0.5) is 11.6 Å². The minimum Gasteiger partial charge on any atom is -0.364 e. The highest BCUT2D eigenvalue weighted by atomic mass is 79.9. The zero-order valence-corrected chi connectivity index (χ0v) is 19.4. The minimum atomic E-state index is -0.190. The van der Waals surface area contributed by atoms with Crippen molar-refractivity contribution in [2.24, 2.45) is 0 Å². The average Bonchev–Trinajstić information content (AvgIpc) is 3.54. The summed E-state index contributed by atoms with van der Waals surface area (Å²) in [5.41, 5.74) is 4.01. The Kier molecular flexibility index (Phi) is 5.80. The number of hydrogen-bond donors (Lipinski definition) is 2. The Bertz CT molecular complexity index is 1300. The van der Waals surface area contributed by atoms with Gasteiger partial charge >= 0.3 is 0 Å². The van der Waals surface area contributed by atoms with Crippen LogP contribution in [0.1, 0.15) is 35.6 Å². The molecule has 3 aromatic heterocycles. The van der Waals surface area contributed by atoms with Crippen LogP contribution in [0.25, 0.3) is 5.65 Å².